The smallest absolute Gasteiger partial charge is 0.187 e. The molecule has 20 heavy (non-hydrogen) atoms. The summed E-state index contributed by atoms with van der Waals surface area (Å²) in [6.45, 7) is 9.22. The van der Waals surface area contributed by atoms with E-state index >= 15 is 0 Å². The lowest BCUT2D eigenvalue weighted by Gasteiger charge is -2.24. The molecule has 1 atom stereocenters. The minimum atomic E-state index is 0.230. The van der Waals surface area contributed by atoms with Crippen LogP contribution in [0.3, 0.4) is 0 Å². The molecule has 4 nitrogen and oxygen atoms in total. The first kappa shape index (κ1) is 13.1. The van der Waals surface area contributed by atoms with Crippen LogP contribution in [0.5, 0.6) is 0 Å². The Bertz CT molecular complexity index is 524. The molecule has 2 aliphatic rings. The molecule has 0 aliphatic carbocycles. The minimum absolute atomic E-state index is 0.230. The van der Waals surface area contributed by atoms with Crippen molar-refractivity contribution in [2.75, 3.05) is 13.1 Å². The molecule has 0 aromatic heterocycles. The van der Waals surface area contributed by atoms with Gasteiger partial charge in [0.25, 0.3) is 0 Å². The SMILES string of the molecule is [C-]#[N+]c1ccc(C2=NOC(CC3CCNCC3)C2)cc1. The quantitative estimate of drug-likeness (QED) is 0.856. The van der Waals surface area contributed by atoms with Crippen LogP contribution in [0.25, 0.3) is 4.85 Å². The number of benzene rings is 1. The van der Waals surface area contributed by atoms with Crippen molar-refractivity contribution in [3.05, 3.63) is 41.2 Å². The molecule has 2 heterocycles. The second-order valence-corrected chi connectivity index (χ2v) is 5.56. The largest absolute Gasteiger partial charge is 0.392 e. The Kier molecular flexibility index (Phi) is 3.98. The molecule has 4 heteroatoms. The number of piperidine rings is 1. The Labute approximate surface area is 119 Å². The fourth-order valence-corrected chi connectivity index (χ4v) is 2.94. The van der Waals surface area contributed by atoms with E-state index in [-0.39, 0.29) is 6.10 Å². The highest BCUT2D eigenvalue weighted by Gasteiger charge is 2.26. The monoisotopic (exact) mass is 269 g/mol. The fraction of sp³-hybridized carbons (Fsp3) is 0.500. The van der Waals surface area contributed by atoms with Crippen molar-refractivity contribution in [2.45, 2.75) is 31.8 Å². The van der Waals surface area contributed by atoms with Crippen molar-refractivity contribution in [1.82, 2.24) is 5.32 Å². The molecular formula is C16H19N3O. The van der Waals surface area contributed by atoms with Gasteiger partial charge in [-0.2, -0.15) is 0 Å². The summed E-state index contributed by atoms with van der Waals surface area (Å²) in [6.07, 6.45) is 4.72. The van der Waals surface area contributed by atoms with Crippen LogP contribution in [0.1, 0.15) is 31.2 Å². The van der Waals surface area contributed by atoms with Crippen molar-refractivity contribution < 1.29 is 4.84 Å². The first-order valence-electron chi connectivity index (χ1n) is 7.26. The molecular weight excluding hydrogens is 250 g/mol. The summed E-state index contributed by atoms with van der Waals surface area (Å²) in [5, 5.41) is 7.62. The average molecular weight is 269 g/mol. The second-order valence-electron chi connectivity index (χ2n) is 5.56. The van der Waals surface area contributed by atoms with Gasteiger partial charge >= 0.3 is 0 Å². The van der Waals surface area contributed by atoms with E-state index in [2.05, 4.69) is 15.3 Å². The lowest BCUT2D eigenvalue weighted by molar-refractivity contribution is 0.0616. The Morgan fingerprint density at radius 1 is 1.25 bits per heavy atom. The Balaban J connectivity index is 1.56. The number of nitrogens with zero attached hydrogens (tertiary/aromatic N) is 2. The summed E-state index contributed by atoms with van der Waals surface area (Å²) in [6, 6.07) is 7.60. The maximum Gasteiger partial charge on any atom is 0.187 e. The van der Waals surface area contributed by atoms with Gasteiger partial charge in [-0.15, -0.1) is 0 Å². The highest BCUT2D eigenvalue weighted by Crippen LogP contribution is 2.26. The van der Waals surface area contributed by atoms with Crippen LogP contribution in [0.4, 0.5) is 5.69 Å². The highest BCUT2D eigenvalue weighted by atomic mass is 16.6. The Hall–Kier alpha value is -1.86. The normalized spacial score (nSPS) is 22.9. The summed E-state index contributed by atoms with van der Waals surface area (Å²) in [7, 11) is 0. The molecule has 0 amide bonds. The van der Waals surface area contributed by atoms with E-state index in [0.29, 0.717) is 5.69 Å². The molecule has 1 unspecified atom stereocenters. The van der Waals surface area contributed by atoms with Gasteiger partial charge in [-0.1, -0.05) is 29.4 Å². The van der Waals surface area contributed by atoms with E-state index in [1.807, 2.05) is 24.3 Å². The number of rotatable bonds is 3. The molecule has 1 N–H and O–H groups in total. The van der Waals surface area contributed by atoms with Gasteiger partial charge in [0.2, 0.25) is 0 Å². The van der Waals surface area contributed by atoms with E-state index < -0.39 is 0 Å². The van der Waals surface area contributed by atoms with E-state index in [4.69, 9.17) is 11.4 Å². The van der Waals surface area contributed by atoms with Gasteiger partial charge in [0.05, 0.1) is 12.3 Å². The van der Waals surface area contributed by atoms with Crippen molar-refractivity contribution in [1.29, 1.82) is 0 Å². The summed E-state index contributed by atoms with van der Waals surface area (Å²) < 4.78 is 0. The van der Waals surface area contributed by atoms with Crippen LogP contribution in [0.2, 0.25) is 0 Å². The second kappa shape index (κ2) is 6.06. The number of oxime groups is 1. The van der Waals surface area contributed by atoms with Gasteiger partial charge in [0.15, 0.2) is 5.69 Å². The lowest BCUT2D eigenvalue weighted by Crippen LogP contribution is -2.29. The predicted molar refractivity (Wildman–Crippen MR) is 78.9 cm³/mol. The lowest BCUT2D eigenvalue weighted by atomic mass is 9.90. The molecule has 0 radical (unpaired) electrons. The molecule has 3 rings (SSSR count). The molecule has 1 fully saturated rings. The van der Waals surface area contributed by atoms with Gasteiger partial charge in [-0.3, -0.25) is 0 Å². The van der Waals surface area contributed by atoms with Crippen molar-refractivity contribution >= 4 is 11.4 Å². The Morgan fingerprint density at radius 3 is 2.70 bits per heavy atom. The molecule has 1 saturated heterocycles. The Morgan fingerprint density at radius 2 is 2.00 bits per heavy atom. The van der Waals surface area contributed by atoms with Crippen LogP contribution in [0.15, 0.2) is 29.4 Å². The molecule has 0 spiro atoms. The van der Waals surface area contributed by atoms with Crippen LogP contribution in [0, 0.1) is 12.5 Å². The van der Waals surface area contributed by atoms with E-state index in [0.717, 1.165) is 43.1 Å². The van der Waals surface area contributed by atoms with Crippen molar-refractivity contribution in [2.24, 2.45) is 11.1 Å². The summed E-state index contributed by atoms with van der Waals surface area (Å²) in [5.74, 6) is 0.764. The standard InChI is InChI=1S/C16H19N3O/c1-17-14-4-2-13(3-5-14)16-11-15(20-19-16)10-12-6-8-18-9-7-12/h2-5,12,15,18H,6-11H2. The number of hydrogen-bond acceptors (Lipinski definition) is 3. The predicted octanol–water partition coefficient (Wildman–Crippen LogP) is 3.12. The fourth-order valence-electron chi connectivity index (χ4n) is 2.94. The number of hydrogen-bond donors (Lipinski definition) is 1. The molecule has 1 aromatic carbocycles. The van der Waals surface area contributed by atoms with Crippen LogP contribution >= 0.6 is 0 Å². The van der Waals surface area contributed by atoms with Gasteiger partial charge < -0.3 is 10.2 Å². The van der Waals surface area contributed by atoms with Gasteiger partial charge in [0.1, 0.15) is 6.10 Å². The van der Waals surface area contributed by atoms with E-state index in [9.17, 15) is 0 Å². The summed E-state index contributed by atoms with van der Waals surface area (Å²) in [4.78, 5) is 8.99. The van der Waals surface area contributed by atoms with Gasteiger partial charge in [-0.25, -0.2) is 4.85 Å². The number of nitrogens with one attached hydrogen (secondary N) is 1. The van der Waals surface area contributed by atoms with Gasteiger partial charge in [-0.05, 0) is 43.8 Å². The highest BCUT2D eigenvalue weighted by molar-refractivity contribution is 6.01. The van der Waals surface area contributed by atoms with Crippen LogP contribution in [-0.2, 0) is 4.84 Å². The third kappa shape index (κ3) is 3.00. The minimum Gasteiger partial charge on any atom is -0.392 e. The van der Waals surface area contributed by atoms with E-state index in [1.54, 1.807) is 0 Å². The summed E-state index contributed by atoms with van der Waals surface area (Å²) >= 11 is 0. The maximum absolute atomic E-state index is 6.96. The third-order valence-corrected chi connectivity index (χ3v) is 4.12. The maximum atomic E-state index is 6.96. The first-order chi connectivity index (χ1) is 9.85. The van der Waals surface area contributed by atoms with Crippen LogP contribution < -0.4 is 5.32 Å². The third-order valence-electron chi connectivity index (χ3n) is 4.12. The molecule has 1 aromatic rings. The summed E-state index contributed by atoms with van der Waals surface area (Å²) in [5.41, 5.74) is 2.75. The molecule has 2 aliphatic heterocycles. The van der Waals surface area contributed by atoms with Gasteiger partial charge in [0, 0.05) is 6.42 Å². The zero-order valence-electron chi connectivity index (χ0n) is 11.5. The average Bonchev–Trinajstić information content (AvgIpc) is 2.97. The van der Waals surface area contributed by atoms with Crippen molar-refractivity contribution in [3.8, 4) is 0 Å². The van der Waals surface area contributed by atoms with E-state index in [1.165, 1.54) is 12.8 Å². The first-order valence-corrected chi connectivity index (χ1v) is 7.26. The zero-order chi connectivity index (χ0) is 13.8. The van der Waals surface area contributed by atoms with Crippen LogP contribution in [-0.4, -0.2) is 24.9 Å². The molecule has 104 valence electrons. The topological polar surface area (TPSA) is 38.0 Å². The zero-order valence-corrected chi connectivity index (χ0v) is 11.5. The molecule has 0 bridgehead atoms. The van der Waals surface area contributed by atoms with Crippen molar-refractivity contribution in [3.63, 3.8) is 0 Å². The molecule has 0 saturated carbocycles.